The first-order chi connectivity index (χ1) is 8.29. The van der Waals surface area contributed by atoms with Crippen LogP contribution >= 0.6 is 0 Å². The number of sulfone groups is 1. The highest BCUT2D eigenvalue weighted by Crippen LogP contribution is 2.26. The van der Waals surface area contributed by atoms with Crippen LogP contribution in [0.15, 0.2) is 11.4 Å². The number of aromatic nitrogens is 2. The average Bonchev–Trinajstić information content (AvgIpc) is 2.27. The van der Waals surface area contributed by atoms with Crippen molar-refractivity contribution in [3.63, 3.8) is 0 Å². The lowest BCUT2D eigenvalue weighted by Crippen LogP contribution is -2.37. The summed E-state index contributed by atoms with van der Waals surface area (Å²) < 4.78 is 22.7. The minimum absolute atomic E-state index is 0.145. The summed E-state index contributed by atoms with van der Waals surface area (Å²) in [5.41, 5.74) is 1.27. The van der Waals surface area contributed by atoms with E-state index < -0.39 is 15.9 Å². The van der Waals surface area contributed by atoms with E-state index >= 15 is 0 Å². The SMILES string of the molecule is CC1CN(C(=O)O)Cc2cnc(S(C)(=O)=O)nc21. The predicted octanol–water partition coefficient (Wildman–Crippen LogP) is 0.477. The van der Waals surface area contributed by atoms with Crippen LogP contribution in [0.25, 0.3) is 0 Å². The van der Waals surface area contributed by atoms with Crippen LogP contribution in [-0.4, -0.2) is 47.3 Å². The topological polar surface area (TPSA) is 100 Å². The van der Waals surface area contributed by atoms with E-state index in [0.717, 1.165) is 6.26 Å². The highest BCUT2D eigenvalue weighted by molar-refractivity contribution is 7.90. The number of carboxylic acid groups (broad SMARTS) is 1. The molecule has 2 heterocycles. The molecule has 1 aromatic rings. The van der Waals surface area contributed by atoms with E-state index in [1.54, 1.807) is 0 Å². The number of rotatable bonds is 1. The van der Waals surface area contributed by atoms with Crippen molar-refractivity contribution in [3.05, 3.63) is 17.5 Å². The molecule has 0 aliphatic carbocycles. The van der Waals surface area contributed by atoms with Gasteiger partial charge in [0.05, 0.1) is 12.2 Å². The lowest BCUT2D eigenvalue weighted by atomic mass is 9.98. The molecule has 0 spiro atoms. The zero-order valence-corrected chi connectivity index (χ0v) is 10.8. The van der Waals surface area contributed by atoms with E-state index in [0.29, 0.717) is 17.8 Å². The molecule has 0 bridgehead atoms. The Morgan fingerprint density at radius 2 is 2.22 bits per heavy atom. The molecule has 0 saturated carbocycles. The van der Waals surface area contributed by atoms with Crippen LogP contribution in [0, 0.1) is 0 Å². The summed E-state index contributed by atoms with van der Waals surface area (Å²) in [6.07, 6.45) is 1.44. The quantitative estimate of drug-likeness (QED) is 0.745. The van der Waals surface area contributed by atoms with Crippen LogP contribution < -0.4 is 0 Å². The molecule has 1 aromatic heterocycles. The Morgan fingerprint density at radius 3 is 2.78 bits per heavy atom. The van der Waals surface area contributed by atoms with E-state index in [9.17, 15) is 13.2 Å². The third-order valence-electron chi connectivity index (χ3n) is 2.80. The van der Waals surface area contributed by atoms with Crippen LogP contribution in [0.2, 0.25) is 0 Å². The smallest absolute Gasteiger partial charge is 0.407 e. The first-order valence-electron chi connectivity index (χ1n) is 5.33. The maximum absolute atomic E-state index is 11.4. The van der Waals surface area contributed by atoms with Crippen molar-refractivity contribution in [2.75, 3.05) is 12.8 Å². The van der Waals surface area contributed by atoms with E-state index in [1.165, 1.54) is 11.1 Å². The van der Waals surface area contributed by atoms with Gasteiger partial charge < -0.3 is 10.0 Å². The summed E-state index contributed by atoms with van der Waals surface area (Å²) in [6, 6.07) is 0. The predicted molar refractivity (Wildman–Crippen MR) is 62.0 cm³/mol. The van der Waals surface area contributed by atoms with Gasteiger partial charge in [-0.3, -0.25) is 0 Å². The van der Waals surface area contributed by atoms with Gasteiger partial charge in [-0.05, 0) is 0 Å². The molecule has 1 amide bonds. The van der Waals surface area contributed by atoms with Gasteiger partial charge in [-0.1, -0.05) is 6.92 Å². The lowest BCUT2D eigenvalue weighted by Gasteiger charge is -2.29. The largest absolute Gasteiger partial charge is 0.465 e. The first-order valence-corrected chi connectivity index (χ1v) is 7.22. The summed E-state index contributed by atoms with van der Waals surface area (Å²) in [4.78, 5) is 20.0. The van der Waals surface area contributed by atoms with Gasteiger partial charge >= 0.3 is 6.09 Å². The molecule has 0 aromatic carbocycles. The molecule has 8 heteroatoms. The van der Waals surface area contributed by atoms with Crippen LogP contribution in [0.1, 0.15) is 24.1 Å². The normalized spacial score (nSPS) is 19.4. The van der Waals surface area contributed by atoms with Gasteiger partial charge in [-0.15, -0.1) is 0 Å². The Kier molecular flexibility index (Phi) is 2.97. The molecule has 0 radical (unpaired) electrons. The Hall–Kier alpha value is -1.70. The summed E-state index contributed by atoms with van der Waals surface area (Å²) in [5.74, 6) is -0.145. The summed E-state index contributed by atoms with van der Waals surface area (Å²) >= 11 is 0. The molecule has 1 N–H and O–H groups in total. The number of hydrogen-bond donors (Lipinski definition) is 1. The van der Waals surface area contributed by atoms with Crippen molar-refractivity contribution in [2.24, 2.45) is 0 Å². The van der Waals surface area contributed by atoms with E-state index in [2.05, 4.69) is 9.97 Å². The molecule has 7 nitrogen and oxygen atoms in total. The van der Waals surface area contributed by atoms with Crippen LogP contribution in [0.5, 0.6) is 0 Å². The third-order valence-corrected chi connectivity index (χ3v) is 3.66. The van der Waals surface area contributed by atoms with Gasteiger partial charge in [0.15, 0.2) is 0 Å². The van der Waals surface area contributed by atoms with Crippen molar-refractivity contribution in [1.82, 2.24) is 14.9 Å². The molecule has 1 aliphatic rings. The second kappa shape index (κ2) is 4.20. The maximum atomic E-state index is 11.4. The van der Waals surface area contributed by atoms with Crippen molar-refractivity contribution < 1.29 is 18.3 Å². The summed E-state index contributed by atoms with van der Waals surface area (Å²) in [5, 5.41) is 8.74. The number of fused-ring (bicyclic) bond motifs is 1. The maximum Gasteiger partial charge on any atom is 0.407 e. The van der Waals surface area contributed by atoms with Gasteiger partial charge in [0.25, 0.3) is 0 Å². The standard InChI is InChI=1S/C10H13N3O4S/c1-6-4-13(10(14)15)5-7-3-11-9(12-8(6)7)18(2,16)17/h3,6H,4-5H2,1-2H3,(H,14,15). The van der Waals surface area contributed by atoms with E-state index in [-0.39, 0.29) is 17.6 Å². The molecule has 1 aliphatic heterocycles. The van der Waals surface area contributed by atoms with E-state index in [4.69, 9.17) is 5.11 Å². The minimum Gasteiger partial charge on any atom is -0.465 e. The van der Waals surface area contributed by atoms with Crippen molar-refractivity contribution in [1.29, 1.82) is 0 Å². The lowest BCUT2D eigenvalue weighted by molar-refractivity contribution is 0.135. The summed E-state index contributed by atoms with van der Waals surface area (Å²) in [7, 11) is -3.44. The van der Waals surface area contributed by atoms with Gasteiger partial charge in [0.1, 0.15) is 0 Å². The fourth-order valence-corrected chi connectivity index (χ4v) is 2.47. The number of nitrogens with zero attached hydrogens (tertiary/aromatic N) is 3. The molecule has 98 valence electrons. The van der Waals surface area contributed by atoms with Crippen molar-refractivity contribution in [3.8, 4) is 0 Å². The number of carbonyl (C=O) groups is 1. The highest BCUT2D eigenvalue weighted by atomic mass is 32.2. The van der Waals surface area contributed by atoms with Gasteiger partial charge in [-0.2, -0.15) is 0 Å². The van der Waals surface area contributed by atoms with E-state index in [1.807, 2.05) is 6.92 Å². The Labute approximate surface area is 104 Å². The third kappa shape index (κ3) is 2.28. The average molecular weight is 271 g/mol. The van der Waals surface area contributed by atoms with Gasteiger partial charge in [0, 0.05) is 30.5 Å². The van der Waals surface area contributed by atoms with Crippen molar-refractivity contribution >= 4 is 15.9 Å². The molecule has 2 rings (SSSR count). The van der Waals surface area contributed by atoms with Gasteiger partial charge in [0.2, 0.25) is 15.0 Å². The number of hydrogen-bond acceptors (Lipinski definition) is 5. The van der Waals surface area contributed by atoms with Crippen LogP contribution in [0.4, 0.5) is 4.79 Å². The van der Waals surface area contributed by atoms with Gasteiger partial charge in [-0.25, -0.2) is 23.2 Å². The monoisotopic (exact) mass is 271 g/mol. The zero-order valence-electron chi connectivity index (χ0n) is 9.99. The van der Waals surface area contributed by atoms with Crippen LogP contribution in [-0.2, 0) is 16.4 Å². The fraction of sp³-hybridized carbons (Fsp3) is 0.500. The minimum atomic E-state index is -3.44. The molecule has 1 atom stereocenters. The van der Waals surface area contributed by atoms with Crippen molar-refractivity contribution in [2.45, 2.75) is 24.5 Å². The molecule has 0 saturated heterocycles. The second-order valence-electron chi connectivity index (χ2n) is 4.40. The Bertz CT molecular complexity index is 599. The molecule has 0 fully saturated rings. The molecule has 1 unspecified atom stereocenters. The zero-order chi connectivity index (χ0) is 13.5. The Balaban J connectivity index is 2.44. The molecular formula is C10H13N3O4S. The molecule has 18 heavy (non-hydrogen) atoms. The Morgan fingerprint density at radius 1 is 1.56 bits per heavy atom. The first kappa shape index (κ1) is 12.7. The highest BCUT2D eigenvalue weighted by Gasteiger charge is 2.28. The summed E-state index contributed by atoms with van der Waals surface area (Å²) in [6.45, 7) is 2.31. The second-order valence-corrected chi connectivity index (χ2v) is 6.31. The van der Waals surface area contributed by atoms with Crippen LogP contribution in [0.3, 0.4) is 0 Å². The fourth-order valence-electron chi connectivity index (χ4n) is 1.96. The molecular weight excluding hydrogens is 258 g/mol. The number of amides is 1.